The second-order valence-corrected chi connectivity index (χ2v) is 3.08. The summed E-state index contributed by atoms with van der Waals surface area (Å²) in [5.74, 6) is -1.33. The SMILES string of the molecule is COc1ccc(C(N)=O)c(O)c1NC(C)=O. The van der Waals surface area contributed by atoms with E-state index in [0.29, 0.717) is 0 Å². The molecule has 0 unspecified atom stereocenters. The van der Waals surface area contributed by atoms with Gasteiger partial charge in [-0.2, -0.15) is 0 Å². The van der Waals surface area contributed by atoms with Crippen molar-refractivity contribution >= 4 is 17.5 Å². The lowest BCUT2D eigenvalue weighted by molar-refractivity contribution is -0.114. The van der Waals surface area contributed by atoms with E-state index in [4.69, 9.17) is 10.5 Å². The maximum absolute atomic E-state index is 11.0. The maximum Gasteiger partial charge on any atom is 0.252 e. The Bertz CT molecular complexity index is 443. The minimum Gasteiger partial charge on any atom is -0.505 e. The van der Waals surface area contributed by atoms with Gasteiger partial charge in [-0.3, -0.25) is 9.59 Å². The van der Waals surface area contributed by atoms with E-state index in [9.17, 15) is 14.7 Å². The standard InChI is InChI=1S/C10H12N2O4/c1-5(13)12-8-7(16-2)4-3-6(9(8)14)10(11)15/h3-4,14H,1-2H3,(H2,11,15)(H,12,13). The van der Waals surface area contributed by atoms with Gasteiger partial charge in [0.2, 0.25) is 5.91 Å². The van der Waals surface area contributed by atoms with Crippen LogP contribution in [0.3, 0.4) is 0 Å². The number of benzene rings is 1. The summed E-state index contributed by atoms with van der Waals surface area (Å²) in [5, 5.41) is 12.1. The van der Waals surface area contributed by atoms with E-state index in [1.165, 1.54) is 26.2 Å². The van der Waals surface area contributed by atoms with Crippen molar-refractivity contribution in [2.45, 2.75) is 6.92 Å². The molecule has 0 aliphatic rings. The van der Waals surface area contributed by atoms with Crippen LogP contribution in [0.1, 0.15) is 17.3 Å². The first-order valence-corrected chi connectivity index (χ1v) is 4.44. The molecule has 0 saturated carbocycles. The molecule has 0 heterocycles. The predicted octanol–water partition coefficient (Wildman–Crippen LogP) is 0.458. The van der Waals surface area contributed by atoms with Gasteiger partial charge in [-0.05, 0) is 12.1 Å². The average molecular weight is 224 g/mol. The molecule has 0 radical (unpaired) electrons. The molecular formula is C10H12N2O4. The Balaban J connectivity index is 3.34. The fraction of sp³-hybridized carbons (Fsp3) is 0.200. The summed E-state index contributed by atoms with van der Waals surface area (Å²) in [6, 6.07) is 2.76. The second kappa shape index (κ2) is 4.52. The zero-order chi connectivity index (χ0) is 12.3. The van der Waals surface area contributed by atoms with Crippen LogP contribution in [0.15, 0.2) is 12.1 Å². The number of rotatable bonds is 3. The van der Waals surface area contributed by atoms with Crippen LogP contribution >= 0.6 is 0 Å². The molecule has 1 aromatic carbocycles. The summed E-state index contributed by atoms with van der Waals surface area (Å²) in [4.78, 5) is 21.9. The number of anilines is 1. The zero-order valence-corrected chi connectivity index (χ0v) is 8.90. The number of nitrogens with two attached hydrogens (primary N) is 1. The van der Waals surface area contributed by atoms with E-state index >= 15 is 0 Å². The molecule has 0 aliphatic heterocycles. The van der Waals surface area contributed by atoms with E-state index in [1.807, 2.05) is 0 Å². The van der Waals surface area contributed by atoms with Crippen molar-refractivity contribution in [3.63, 3.8) is 0 Å². The largest absolute Gasteiger partial charge is 0.505 e. The molecule has 0 spiro atoms. The number of methoxy groups -OCH3 is 1. The number of amides is 2. The molecule has 0 saturated heterocycles. The molecule has 6 nitrogen and oxygen atoms in total. The van der Waals surface area contributed by atoms with Gasteiger partial charge < -0.3 is 20.9 Å². The molecule has 4 N–H and O–H groups in total. The summed E-state index contributed by atoms with van der Waals surface area (Å²) in [7, 11) is 1.38. The lowest BCUT2D eigenvalue weighted by Gasteiger charge is -2.12. The number of nitrogens with one attached hydrogen (secondary N) is 1. The Labute approximate surface area is 92.0 Å². The molecule has 86 valence electrons. The van der Waals surface area contributed by atoms with Crippen LogP contribution < -0.4 is 15.8 Å². The first kappa shape index (κ1) is 11.8. The van der Waals surface area contributed by atoms with Crippen LogP contribution in [0.5, 0.6) is 11.5 Å². The number of hydrogen-bond donors (Lipinski definition) is 3. The van der Waals surface area contributed by atoms with Gasteiger partial charge in [-0.15, -0.1) is 0 Å². The normalized spacial score (nSPS) is 9.62. The molecule has 1 aromatic rings. The average Bonchev–Trinajstić information content (AvgIpc) is 2.19. The fourth-order valence-corrected chi connectivity index (χ4v) is 1.24. The topological polar surface area (TPSA) is 102 Å². The minimum atomic E-state index is -0.785. The third-order valence-electron chi connectivity index (χ3n) is 1.93. The molecule has 0 bridgehead atoms. The third kappa shape index (κ3) is 2.22. The van der Waals surface area contributed by atoms with Crippen molar-refractivity contribution < 1.29 is 19.4 Å². The fourth-order valence-electron chi connectivity index (χ4n) is 1.24. The van der Waals surface area contributed by atoms with Crippen LogP contribution in [-0.4, -0.2) is 24.0 Å². The van der Waals surface area contributed by atoms with Gasteiger partial charge in [0.25, 0.3) is 5.91 Å². The number of phenols is 1. The summed E-state index contributed by atoms with van der Waals surface area (Å²) in [5.41, 5.74) is 5.01. The minimum absolute atomic E-state index is 0.0336. The number of aromatic hydroxyl groups is 1. The van der Waals surface area contributed by atoms with Crippen LogP contribution in [0.2, 0.25) is 0 Å². The first-order chi connectivity index (χ1) is 7.47. The van der Waals surface area contributed by atoms with Gasteiger partial charge in [0, 0.05) is 6.92 Å². The Kier molecular flexibility index (Phi) is 3.34. The second-order valence-electron chi connectivity index (χ2n) is 3.08. The number of carbonyl (C=O) groups excluding carboxylic acids is 2. The quantitative estimate of drug-likeness (QED) is 0.649. The van der Waals surface area contributed by atoms with Gasteiger partial charge in [0.1, 0.15) is 11.4 Å². The van der Waals surface area contributed by atoms with Crippen molar-refractivity contribution in [2.24, 2.45) is 5.73 Å². The molecular weight excluding hydrogens is 212 g/mol. The summed E-state index contributed by atoms with van der Waals surface area (Å²) < 4.78 is 4.93. The van der Waals surface area contributed by atoms with Crippen molar-refractivity contribution in [2.75, 3.05) is 12.4 Å². The Morgan fingerprint density at radius 1 is 1.44 bits per heavy atom. The lowest BCUT2D eigenvalue weighted by Crippen LogP contribution is -2.13. The Morgan fingerprint density at radius 3 is 2.50 bits per heavy atom. The van der Waals surface area contributed by atoms with Crippen LogP contribution in [0.25, 0.3) is 0 Å². The highest BCUT2D eigenvalue weighted by Gasteiger charge is 2.17. The van der Waals surface area contributed by atoms with Gasteiger partial charge in [0.15, 0.2) is 5.75 Å². The van der Waals surface area contributed by atoms with Crippen LogP contribution in [-0.2, 0) is 4.79 Å². The number of carbonyl (C=O) groups is 2. The molecule has 1 rings (SSSR count). The van der Waals surface area contributed by atoms with Crippen molar-refractivity contribution in [3.8, 4) is 11.5 Å². The smallest absolute Gasteiger partial charge is 0.252 e. The zero-order valence-electron chi connectivity index (χ0n) is 8.90. The Morgan fingerprint density at radius 2 is 2.06 bits per heavy atom. The van der Waals surface area contributed by atoms with E-state index in [1.54, 1.807) is 0 Å². The number of primary amides is 1. The van der Waals surface area contributed by atoms with Crippen molar-refractivity contribution in [1.29, 1.82) is 0 Å². The molecule has 0 aliphatic carbocycles. The number of hydrogen-bond acceptors (Lipinski definition) is 4. The molecule has 0 atom stereocenters. The van der Waals surface area contributed by atoms with E-state index in [2.05, 4.69) is 5.32 Å². The van der Waals surface area contributed by atoms with Gasteiger partial charge in [-0.1, -0.05) is 0 Å². The monoisotopic (exact) mass is 224 g/mol. The highest BCUT2D eigenvalue weighted by atomic mass is 16.5. The van der Waals surface area contributed by atoms with Gasteiger partial charge in [0.05, 0.1) is 12.7 Å². The first-order valence-electron chi connectivity index (χ1n) is 4.44. The van der Waals surface area contributed by atoms with Gasteiger partial charge >= 0.3 is 0 Å². The van der Waals surface area contributed by atoms with Crippen molar-refractivity contribution in [3.05, 3.63) is 17.7 Å². The van der Waals surface area contributed by atoms with Crippen LogP contribution in [0.4, 0.5) is 5.69 Å². The Hall–Kier alpha value is -2.24. The number of ether oxygens (including phenoxy) is 1. The van der Waals surface area contributed by atoms with Crippen molar-refractivity contribution in [1.82, 2.24) is 0 Å². The van der Waals surface area contributed by atoms with Gasteiger partial charge in [-0.25, -0.2) is 0 Å². The third-order valence-corrected chi connectivity index (χ3v) is 1.93. The molecule has 2 amide bonds. The molecule has 0 fully saturated rings. The highest BCUT2D eigenvalue weighted by molar-refractivity contribution is 6.01. The molecule has 16 heavy (non-hydrogen) atoms. The van der Waals surface area contributed by atoms with E-state index < -0.39 is 17.6 Å². The lowest BCUT2D eigenvalue weighted by atomic mass is 10.1. The van der Waals surface area contributed by atoms with E-state index in [-0.39, 0.29) is 17.0 Å². The van der Waals surface area contributed by atoms with Crippen LogP contribution in [0, 0.1) is 0 Å². The summed E-state index contributed by atoms with van der Waals surface area (Å²) in [6.07, 6.45) is 0. The van der Waals surface area contributed by atoms with E-state index in [0.717, 1.165) is 0 Å². The molecule has 6 heteroatoms. The summed E-state index contributed by atoms with van der Waals surface area (Å²) in [6.45, 7) is 1.27. The predicted molar refractivity (Wildman–Crippen MR) is 57.5 cm³/mol. The maximum atomic E-state index is 11.0. The summed E-state index contributed by atoms with van der Waals surface area (Å²) >= 11 is 0. The molecule has 0 aromatic heterocycles. The highest BCUT2D eigenvalue weighted by Crippen LogP contribution is 2.36.